The van der Waals surface area contributed by atoms with Crippen molar-refractivity contribution in [1.29, 1.82) is 0 Å². The van der Waals surface area contributed by atoms with Gasteiger partial charge in [0.05, 0.1) is 21.8 Å². The van der Waals surface area contributed by atoms with Crippen molar-refractivity contribution >= 4 is 44.1 Å². The molecule has 158 valence electrons. The number of amides is 1. The fourth-order valence-electron chi connectivity index (χ4n) is 3.83. The van der Waals surface area contributed by atoms with E-state index in [-0.39, 0.29) is 16.5 Å². The molecule has 5 nitrogen and oxygen atoms in total. The van der Waals surface area contributed by atoms with E-state index in [0.29, 0.717) is 21.3 Å². The number of carbonyl (C=O) groups excluding carboxylic acids is 2. The Labute approximate surface area is 187 Å². The molecule has 1 fully saturated rings. The van der Waals surface area contributed by atoms with E-state index < -0.39 is 23.5 Å². The standard InChI is InChI=1S/C25H17FN2O3S/c1-14-7-9-15(10-8-14)21-20(22(29)16-5-3-2-4-6-16)23(30)24(31)28(21)25-27-18-12-11-17(26)13-19(18)32-25/h2-13,21,29H,1H3. The van der Waals surface area contributed by atoms with Gasteiger partial charge in [0.25, 0.3) is 5.78 Å². The third kappa shape index (κ3) is 3.27. The molecule has 1 unspecified atom stereocenters. The second kappa shape index (κ2) is 7.69. The second-order valence-corrected chi connectivity index (χ2v) is 8.56. The summed E-state index contributed by atoms with van der Waals surface area (Å²) in [6.07, 6.45) is 0. The molecule has 1 aromatic heterocycles. The van der Waals surface area contributed by atoms with Gasteiger partial charge in [0, 0.05) is 5.56 Å². The molecule has 0 radical (unpaired) electrons. The first-order valence-electron chi connectivity index (χ1n) is 9.93. The number of aryl methyl sites for hydroxylation is 1. The number of aromatic nitrogens is 1. The average molecular weight is 444 g/mol. The molecule has 1 aliphatic heterocycles. The van der Waals surface area contributed by atoms with Crippen molar-refractivity contribution < 1.29 is 19.1 Å². The van der Waals surface area contributed by atoms with Gasteiger partial charge >= 0.3 is 5.91 Å². The van der Waals surface area contributed by atoms with Crippen LogP contribution in [0.25, 0.3) is 16.0 Å². The molecule has 0 saturated carbocycles. The molecule has 1 saturated heterocycles. The number of anilines is 1. The highest BCUT2D eigenvalue weighted by Gasteiger charge is 2.48. The van der Waals surface area contributed by atoms with Gasteiger partial charge in [0.15, 0.2) is 5.13 Å². The van der Waals surface area contributed by atoms with Gasteiger partial charge in [0.2, 0.25) is 0 Å². The quantitative estimate of drug-likeness (QED) is 0.262. The summed E-state index contributed by atoms with van der Waals surface area (Å²) in [6.45, 7) is 1.94. The number of carbonyl (C=O) groups is 2. The summed E-state index contributed by atoms with van der Waals surface area (Å²) in [5.41, 5.74) is 2.64. The Morgan fingerprint density at radius 1 is 1.03 bits per heavy atom. The van der Waals surface area contributed by atoms with Crippen molar-refractivity contribution in [1.82, 2.24) is 4.98 Å². The first-order chi connectivity index (χ1) is 15.4. The topological polar surface area (TPSA) is 70.5 Å². The number of benzene rings is 3. The van der Waals surface area contributed by atoms with Crippen molar-refractivity contribution in [2.24, 2.45) is 0 Å². The number of nitrogens with zero attached hydrogens (tertiary/aromatic N) is 2. The number of aliphatic hydroxyl groups excluding tert-OH is 1. The monoisotopic (exact) mass is 444 g/mol. The highest BCUT2D eigenvalue weighted by molar-refractivity contribution is 7.22. The van der Waals surface area contributed by atoms with Crippen LogP contribution in [-0.2, 0) is 9.59 Å². The highest BCUT2D eigenvalue weighted by atomic mass is 32.1. The minimum Gasteiger partial charge on any atom is -0.507 e. The zero-order chi connectivity index (χ0) is 22.4. The van der Waals surface area contributed by atoms with Crippen molar-refractivity contribution in [3.8, 4) is 0 Å². The summed E-state index contributed by atoms with van der Waals surface area (Å²) in [6, 6.07) is 19.4. The molecule has 1 N–H and O–H groups in total. The second-order valence-electron chi connectivity index (χ2n) is 7.55. The molecule has 4 aromatic rings. The molecule has 32 heavy (non-hydrogen) atoms. The molecule has 2 heterocycles. The molecule has 1 amide bonds. The first-order valence-corrected chi connectivity index (χ1v) is 10.7. The number of fused-ring (bicyclic) bond motifs is 1. The summed E-state index contributed by atoms with van der Waals surface area (Å²) in [5, 5.41) is 11.3. The lowest BCUT2D eigenvalue weighted by atomic mass is 9.95. The minimum atomic E-state index is -0.860. The van der Waals surface area contributed by atoms with Crippen LogP contribution in [0.15, 0.2) is 78.4 Å². The Bertz CT molecular complexity index is 1390. The van der Waals surface area contributed by atoms with E-state index >= 15 is 0 Å². The number of thiazole rings is 1. The molecular formula is C25H17FN2O3S. The van der Waals surface area contributed by atoms with E-state index in [2.05, 4.69) is 4.98 Å². The van der Waals surface area contributed by atoms with Gasteiger partial charge in [-0.05, 0) is 30.7 Å². The van der Waals surface area contributed by atoms with Crippen molar-refractivity contribution in [3.05, 3.63) is 101 Å². The van der Waals surface area contributed by atoms with Crippen LogP contribution in [0.4, 0.5) is 9.52 Å². The average Bonchev–Trinajstić information content (AvgIpc) is 3.32. The van der Waals surface area contributed by atoms with Crippen LogP contribution in [0, 0.1) is 12.7 Å². The Morgan fingerprint density at radius 2 is 1.75 bits per heavy atom. The number of ketones is 1. The number of hydrogen-bond acceptors (Lipinski definition) is 5. The van der Waals surface area contributed by atoms with Crippen LogP contribution in [0.2, 0.25) is 0 Å². The largest absolute Gasteiger partial charge is 0.507 e. The number of aliphatic hydroxyl groups is 1. The molecule has 1 aliphatic rings. The third-order valence-corrected chi connectivity index (χ3v) is 6.45. The van der Waals surface area contributed by atoms with E-state index in [9.17, 15) is 19.1 Å². The van der Waals surface area contributed by atoms with Crippen LogP contribution in [0.3, 0.4) is 0 Å². The highest BCUT2D eigenvalue weighted by Crippen LogP contribution is 2.44. The number of halogens is 1. The van der Waals surface area contributed by atoms with Gasteiger partial charge in [-0.2, -0.15) is 0 Å². The SMILES string of the molecule is Cc1ccc(C2C(=C(O)c3ccccc3)C(=O)C(=O)N2c2nc3ccc(F)cc3s2)cc1. The van der Waals surface area contributed by atoms with E-state index in [1.54, 1.807) is 30.3 Å². The predicted octanol–water partition coefficient (Wildman–Crippen LogP) is 5.37. The van der Waals surface area contributed by atoms with Gasteiger partial charge < -0.3 is 5.11 Å². The lowest BCUT2D eigenvalue weighted by Gasteiger charge is -2.23. The fourth-order valence-corrected chi connectivity index (χ4v) is 4.85. The molecule has 0 bridgehead atoms. The maximum Gasteiger partial charge on any atom is 0.301 e. The summed E-state index contributed by atoms with van der Waals surface area (Å²) >= 11 is 1.12. The van der Waals surface area contributed by atoms with Crippen LogP contribution in [-0.4, -0.2) is 21.8 Å². The maximum absolute atomic E-state index is 13.7. The van der Waals surface area contributed by atoms with E-state index in [1.165, 1.54) is 23.1 Å². The fraction of sp³-hybridized carbons (Fsp3) is 0.0800. The Morgan fingerprint density at radius 3 is 2.47 bits per heavy atom. The zero-order valence-electron chi connectivity index (χ0n) is 16.9. The van der Waals surface area contributed by atoms with E-state index in [4.69, 9.17) is 0 Å². The molecular weight excluding hydrogens is 427 g/mol. The van der Waals surface area contributed by atoms with E-state index in [1.807, 2.05) is 31.2 Å². The van der Waals surface area contributed by atoms with Crippen molar-refractivity contribution in [2.45, 2.75) is 13.0 Å². The first kappa shape index (κ1) is 20.1. The zero-order valence-corrected chi connectivity index (χ0v) is 17.8. The van der Waals surface area contributed by atoms with Gasteiger partial charge in [-0.25, -0.2) is 9.37 Å². The van der Waals surface area contributed by atoms with Crippen LogP contribution in [0.5, 0.6) is 0 Å². The summed E-state index contributed by atoms with van der Waals surface area (Å²) in [5.74, 6) is -2.23. The van der Waals surface area contributed by atoms with Crippen LogP contribution < -0.4 is 4.90 Å². The maximum atomic E-state index is 13.7. The Hall–Kier alpha value is -3.84. The molecule has 1 atom stereocenters. The van der Waals surface area contributed by atoms with Crippen molar-refractivity contribution in [3.63, 3.8) is 0 Å². The van der Waals surface area contributed by atoms with Gasteiger partial charge in [-0.3, -0.25) is 14.5 Å². The molecule has 0 spiro atoms. The van der Waals surface area contributed by atoms with Gasteiger partial charge in [-0.1, -0.05) is 71.5 Å². The van der Waals surface area contributed by atoms with Gasteiger partial charge in [-0.15, -0.1) is 0 Å². The number of Topliss-reactive ketones (excluding diaryl/α,β-unsaturated/α-hetero) is 1. The van der Waals surface area contributed by atoms with Crippen LogP contribution in [0.1, 0.15) is 22.7 Å². The Kier molecular flexibility index (Phi) is 4.83. The summed E-state index contributed by atoms with van der Waals surface area (Å²) in [4.78, 5) is 32.1. The number of hydrogen-bond donors (Lipinski definition) is 1. The summed E-state index contributed by atoms with van der Waals surface area (Å²) in [7, 11) is 0. The normalized spacial score (nSPS) is 17.9. The molecule has 0 aliphatic carbocycles. The predicted molar refractivity (Wildman–Crippen MR) is 122 cm³/mol. The summed E-state index contributed by atoms with van der Waals surface area (Å²) < 4.78 is 14.3. The lowest BCUT2D eigenvalue weighted by molar-refractivity contribution is -0.132. The molecule has 5 rings (SSSR count). The van der Waals surface area contributed by atoms with E-state index in [0.717, 1.165) is 16.9 Å². The molecule has 3 aromatic carbocycles. The third-order valence-electron chi connectivity index (χ3n) is 5.43. The molecule has 7 heteroatoms. The number of rotatable bonds is 3. The van der Waals surface area contributed by atoms with Crippen molar-refractivity contribution in [2.75, 3.05) is 4.90 Å². The lowest BCUT2D eigenvalue weighted by Crippen LogP contribution is -2.29. The Balaban J connectivity index is 1.73. The van der Waals surface area contributed by atoms with Crippen LogP contribution >= 0.6 is 11.3 Å². The minimum absolute atomic E-state index is 0.00418. The smallest absolute Gasteiger partial charge is 0.301 e. The van der Waals surface area contributed by atoms with Gasteiger partial charge in [0.1, 0.15) is 11.6 Å².